The number of amides is 2. The number of carbonyl (C=O) groups is 2. The van der Waals surface area contributed by atoms with Crippen LogP contribution in [0, 0.1) is 0 Å². The van der Waals surface area contributed by atoms with Crippen molar-refractivity contribution in [1.29, 1.82) is 0 Å². The van der Waals surface area contributed by atoms with Gasteiger partial charge in [0, 0.05) is 37.1 Å². The van der Waals surface area contributed by atoms with Crippen molar-refractivity contribution in [3.05, 3.63) is 70.6 Å². The summed E-state index contributed by atoms with van der Waals surface area (Å²) in [6.07, 6.45) is 2.92. The van der Waals surface area contributed by atoms with E-state index >= 15 is 0 Å². The SMILES string of the molecule is O=C(c1ccoc1)N1CCN(C(=O)c2cccc(OCc3cscn3)c2)CC1. The van der Waals surface area contributed by atoms with E-state index in [4.69, 9.17) is 9.15 Å². The van der Waals surface area contributed by atoms with Gasteiger partial charge in [-0.25, -0.2) is 4.98 Å². The zero-order valence-electron chi connectivity index (χ0n) is 15.1. The van der Waals surface area contributed by atoms with E-state index in [0.29, 0.717) is 49.7 Å². The summed E-state index contributed by atoms with van der Waals surface area (Å²) in [6, 6.07) is 8.81. The normalized spacial score (nSPS) is 14.1. The van der Waals surface area contributed by atoms with Crippen LogP contribution in [0.5, 0.6) is 5.75 Å². The zero-order chi connectivity index (χ0) is 19.3. The number of nitrogens with zero attached hydrogens (tertiary/aromatic N) is 3. The number of benzene rings is 1. The Bertz CT molecular complexity index is 932. The van der Waals surface area contributed by atoms with Gasteiger partial charge >= 0.3 is 0 Å². The number of thiazole rings is 1. The maximum atomic E-state index is 12.8. The molecule has 1 aliphatic rings. The summed E-state index contributed by atoms with van der Waals surface area (Å²) in [5, 5.41) is 1.93. The molecule has 1 aromatic carbocycles. The Labute approximate surface area is 166 Å². The summed E-state index contributed by atoms with van der Waals surface area (Å²) >= 11 is 1.52. The molecule has 0 N–H and O–H groups in total. The highest BCUT2D eigenvalue weighted by Gasteiger charge is 2.26. The van der Waals surface area contributed by atoms with Crippen molar-refractivity contribution in [3.8, 4) is 5.75 Å². The highest BCUT2D eigenvalue weighted by molar-refractivity contribution is 7.07. The van der Waals surface area contributed by atoms with Crippen molar-refractivity contribution in [2.75, 3.05) is 26.2 Å². The van der Waals surface area contributed by atoms with E-state index in [1.54, 1.807) is 33.5 Å². The Morgan fingerprint density at radius 1 is 1.07 bits per heavy atom. The first-order valence-electron chi connectivity index (χ1n) is 8.91. The van der Waals surface area contributed by atoms with Crippen LogP contribution >= 0.6 is 11.3 Å². The fourth-order valence-corrected chi connectivity index (χ4v) is 3.59. The Morgan fingerprint density at radius 2 is 1.82 bits per heavy atom. The van der Waals surface area contributed by atoms with Crippen molar-refractivity contribution in [2.45, 2.75) is 6.61 Å². The third kappa shape index (κ3) is 4.07. The molecule has 0 unspecified atom stereocenters. The van der Waals surface area contributed by atoms with Crippen molar-refractivity contribution in [1.82, 2.24) is 14.8 Å². The number of rotatable bonds is 5. The molecule has 2 amide bonds. The first-order chi connectivity index (χ1) is 13.7. The van der Waals surface area contributed by atoms with Crippen LogP contribution in [0.4, 0.5) is 0 Å². The van der Waals surface area contributed by atoms with Crippen LogP contribution in [0.25, 0.3) is 0 Å². The molecular formula is C20H19N3O4S. The Hall–Kier alpha value is -3.13. The maximum Gasteiger partial charge on any atom is 0.257 e. The topological polar surface area (TPSA) is 75.9 Å². The van der Waals surface area contributed by atoms with E-state index < -0.39 is 0 Å². The molecule has 28 heavy (non-hydrogen) atoms. The van der Waals surface area contributed by atoms with Gasteiger partial charge < -0.3 is 19.0 Å². The van der Waals surface area contributed by atoms with E-state index in [2.05, 4.69) is 4.98 Å². The van der Waals surface area contributed by atoms with E-state index in [1.165, 1.54) is 23.9 Å². The second-order valence-electron chi connectivity index (χ2n) is 6.39. The Balaban J connectivity index is 1.34. The number of hydrogen-bond donors (Lipinski definition) is 0. The summed E-state index contributed by atoms with van der Waals surface area (Å²) in [5.74, 6) is 0.500. The standard InChI is InChI=1S/C20H19N3O4S/c24-19(15-2-1-3-18(10-15)27-12-17-13-28-14-21-17)22-5-7-23(8-6-22)20(25)16-4-9-26-11-16/h1-4,9-11,13-14H,5-8,12H2. The highest BCUT2D eigenvalue weighted by Crippen LogP contribution is 2.18. The molecule has 1 fully saturated rings. The molecule has 0 saturated carbocycles. The predicted molar refractivity (Wildman–Crippen MR) is 103 cm³/mol. The van der Waals surface area contributed by atoms with E-state index in [9.17, 15) is 9.59 Å². The summed E-state index contributed by atoms with van der Waals surface area (Å²) in [4.78, 5) is 32.9. The number of carbonyl (C=O) groups excluding carboxylic acids is 2. The average molecular weight is 397 g/mol. The molecule has 0 aliphatic carbocycles. The number of furan rings is 1. The molecule has 0 radical (unpaired) electrons. The van der Waals surface area contributed by atoms with Crippen LogP contribution in [-0.2, 0) is 6.61 Å². The minimum Gasteiger partial charge on any atom is -0.487 e. The van der Waals surface area contributed by atoms with Crippen molar-refractivity contribution in [2.24, 2.45) is 0 Å². The van der Waals surface area contributed by atoms with E-state index in [0.717, 1.165) is 5.69 Å². The lowest BCUT2D eigenvalue weighted by Gasteiger charge is -2.34. The molecular weight excluding hydrogens is 378 g/mol. The minimum atomic E-state index is -0.0710. The van der Waals surface area contributed by atoms with Crippen LogP contribution in [0.15, 0.2) is 58.2 Å². The van der Waals surface area contributed by atoms with E-state index in [1.807, 2.05) is 17.5 Å². The quantitative estimate of drug-likeness (QED) is 0.662. The summed E-state index contributed by atoms with van der Waals surface area (Å²) in [7, 11) is 0. The van der Waals surface area contributed by atoms with Crippen LogP contribution in [-0.4, -0.2) is 52.8 Å². The zero-order valence-corrected chi connectivity index (χ0v) is 15.9. The van der Waals surface area contributed by atoms with Crippen LogP contribution in [0.3, 0.4) is 0 Å². The second-order valence-corrected chi connectivity index (χ2v) is 7.11. The average Bonchev–Trinajstić information content (AvgIpc) is 3.46. The van der Waals surface area contributed by atoms with Gasteiger partial charge in [0.2, 0.25) is 0 Å². The van der Waals surface area contributed by atoms with Crippen LogP contribution in [0.1, 0.15) is 26.4 Å². The summed E-state index contributed by atoms with van der Waals surface area (Å²) < 4.78 is 10.7. The molecule has 3 heterocycles. The molecule has 3 aromatic rings. The minimum absolute atomic E-state index is 0.0606. The van der Waals surface area contributed by atoms with Gasteiger partial charge in [0.15, 0.2) is 0 Å². The molecule has 0 atom stereocenters. The van der Waals surface area contributed by atoms with Gasteiger partial charge in [-0.15, -0.1) is 11.3 Å². The van der Waals surface area contributed by atoms with Gasteiger partial charge in [-0.2, -0.15) is 0 Å². The van der Waals surface area contributed by atoms with E-state index in [-0.39, 0.29) is 11.8 Å². The predicted octanol–water partition coefficient (Wildman–Crippen LogP) is 2.91. The molecule has 144 valence electrons. The lowest BCUT2D eigenvalue weighted by Crippen LogP contribution is -2.50. The molecule has 2 aromatic heterocycles. The number of ether oxygens (including phenoxy) is 1. The fourth-order valence-electron chi connectivity index (χ4n) is 3.05. The van der Waals surface area contributed by atoms with Crippen molar-refractivity contribution < 1.29 is 18.7 Å². The molecule has 0 spiro atoms. The molecule has 0 bridgehead atoms. The van der Waals surface area contributed by atoms with Crippen molar-refractivity contribution >= 4 is 23.2 Å². The largest absolute Gasteiger partial charge is 0.487 e. The van der Waals surface area contributed by atoms with Gasteiger partial charge in [-0.3, -0.25) is 9.59 Å². The van der Waals surface area contributed by atoms with Crippen LogP contribution in [0.2, 0.25) is 0 Å². The first kappa shape index (κ1) is 18.2. The van der Waals surface area contributed by atoms with Crippen molar-refractivity contribution in [3.63, 3.8) is 0 Å². The molecule has 1 saturated heterocycles. The number of piperazine rings is 1. The van der Waals surface area contributed by atoms with Gasteiger partial charge in [-0.1, -0.05) is 6.07 Å². The Morgan fingerprint density at radius 3 is 2.46 bits per heavy atom. The molecule has 1 aliphatic heterocycles. The van der Waals surface area contributed by atoms with Gasteiger partial charge in [0.25, 0.3) is 11.8 Å². The fraction of sp³-hybridized carbons (Fsp3) is 0.250. The van der Waals surface area contributed by atoms with Gasteiger partial charge in [-0.05, 0) is 24.3 Å². The molecule has 4 rings (SSSR count). The second kappa shape index (κ2) is 8.26. The van der Waals surface area contributed by atoms with Crippen LogP contribution < -0.4 is 4.74 Å². The first-order valence-corrected chi connectivity index (χ1v) is 9.85. The smallest absolute Gasteiger partial charge is 0.257 e. The molecule has 7 nitrogen and oxygen atoms in total. The number of aromatic nitrogens is 1. The van der Waals surface area contributed by atoms with Gasteiger partial charge in [0.1, 0.15) is 18.6 Å². The van der Waals surface area contributed by atoms with Gasteiger partial charge in [0.05, 0.1) is 23.0 Å². The maximum absolute atomic E-state index is 12.8. The number of hydrogen-bond acceptors (Lipinski definition) is 6. The lowest BCUT2D eigenvalue weighted by molar-refractivity contribution is 0.0535. The summed E-state index contributed by atoms with van der Waals surface area (Å²) in [5.41, 5.74) is 3.73. The summed E-state index contributed by atoms with van der Waals surface area (Å²) in [6.45, 7) is 2.35. The third-order valence-corrected chi connectivity index (χ3v) is 5.21. The lowest BCUT2D eigenvalue weighted by atomic mass is 10.1. The monoisotopic (exact) mass is 397 g/mol. The highest BCUT2D eigenvalue weighted by atomic mass is 32.1. The Kier molecular flexibility index (Phi) is 5.38. The molecule has 8 heteroatoms. The third-order valence-electron chi connectivity index (χ3n) is 4.57.